The van der Waals surface area contributed by atoms with Gasteiger partial charge < -0.3 is 14.2 Å². The molecule has 1 aromatic rings. The molecule has 9 heteroatoms. The molecule has 0 N–H and O–H groups in total. The standard InChI is InChI=1S/C23H34F6O3/c1-6-7-8-9-10-11-12-20(23(30-4,31-5)32-16(2)3)17-13-18(21(24,25)26)15-19(14-17)22(27,28)29/h13-16,20H,6-12H2,1-5H3. The van der Waals surface area contributed by atoms with Gasteiger partial charge in [0.05, 0.1) is 23.1 Å². The quantitative estimate of drug-likeness (QED) is 0.166. The topological polar surface area (TPSA) is 27.7 Å². The largest absolute Gasteiger partial charge is 0.416 e. The van der Waals surface area contributed by atoms with Crippen molar-refractivity contribution >= 4 is 0 Å². The number of methoxy groups -OCH3 is 2. The molecule has 0 aliphatic rings. The van der Waals surface area contributed by atoms with Crippen LogP contribution in [0.3, 0.4) is 0 Å². The summed E-state index contributed by atoms with van der Waals surface area (Å²) < 4.78 is 97.3. The lowest BCUT2D eigenvalue weighted by atomic mass is 9.87. The van der Waals surface area contributed by atoms with E-state index in [0.717, 1.165) is 44.2 Å². The van der Waals surface area contributed by atoms with Crippen molar-refractivity contribution in [2.75, 3.05) is 14.2 Å². The van der Waals surface area contributed by atoms with Gasteiger partial charge in [-0.05, 0) is 44.0 Å². The number of hydrogen-bond donors (Lipinski definition) is 0. The van der Waals surface area contributed by atoms with E-state index in [4.69, 9.17) is 14.2 Å². The first-order chi connectivity index (χ1) is 14.8. The van der Waals surface area contributed by atoms with E-state index in [-0.39, 0.29) is 18.1 Å². The van der Waals surface area contributed by atoms with Crippen LogP contribution in [0.2, 0.25) is 0 Å². The third kappa shape index (κ3) is 8.23. The normalized spacial score (nSPS) is 14.2. The molecule has 0 radical (unpaired) electrons. The Kier molecular flexibility index (Phi) is 11.0. The Morgan fingerprint density at radius 3 is 1.62 bits per heavy atom. The van der Waals surface area contributed by atoms with Gasteiger partial charge in [0, 0.05) is 14.2 Å². The van der Waals surface area contributed by atoms with Gasteiger partial charge in [0.2, 0.25) is 0 Å². The van der Waals surface area contributed by atoms with Crippen LogP contribution in [-0.2, 0) is 26.6 Å². The summed E-state index contributed by atoms with van der Waals surface area (Å²) in [5, 5.41) is 0. The molecule has 0 aliphatic heterocycles. The maximum atomic E-state index is 13.4. The van der Waals surface area contributed by atoms with Crippen molar-refractivity contribution in [1.29, 1.82) is 0 Å². The fourth-order valence-corrected chi connectivity index (χ4v) is 3.73. The van der Waals surface area contributed by atoms with Crippen LogP contribution in [-0.4, -0.2) is 26.3 Å². The third-order valence-electron chi connectivity index (χ3n) is 5.25. The number of hydrogen-bond acceptors (Lipinski definition) is 3. The molecule has 1 unspecified atom stereocenters. The molecule has 0 fully saturated rings. The number of benzene rings is 1. The van der Waals surface area contributed by atoms with E-state index in [2.05, 4.69) is 6.92 Å². The maximum absolute atomic E-state index is 13.4. The SMILES string of the molecule is CCCCCCCCC(c1cc(C(F)(F)F)cc(C(F)(F)F)c1)C(OC)(OC)OC(C)C. The van der Waals surface area contributed by atoms with Gasteiger partial charge in [0.1, 0.15) is 0 Å². The molecule has 0 spiro atoms. The van der Waals surface area contributed by atoms with E-state index in [1.54, 1.807) is 13.8 Å². The summed E-state index contributed by atoms with van der Waals surface area (Å²) in [5.74, 6) is -2.83. The molecule has 0 saturated heterocycles. The van der Waals surface area contributed by atoms with E-state index in [0.29, 0.717) is 6.42 Å². The molecule has 32 heavy (non-hydrogen) atoms. The Morgan fingerprint density at radius 1 is 0.750 bits per heavy atom. The average molecular weight is 473 g/mol. The molecule has 1 rings (SSSR count). The van der Waals surface area contributed by atoms with Gasteiger partial charge in [0.15, 0.2) is 0 Å². The number of ether oxygens (including phenoxy) is 3. The minimum Gasteiger partial charge on any atom is -0.330 e. The van der Waals surface area contributed by atoms with E-state index >= 15 is 0 Å². The highest BCUT2D eigenvalue weighted by atomic mass is 19.4. The van der Waals surface area contributed by atoms with Crippen molar-refractivity contribution in [3.05, 3.63) is 34.9 Å². The lowest BCUT2D eigenvalue weighted by Gasteiger charge is -2.39. The van der Waals surface area contributed by atoms with Gasteiger partial charge in [-0.3, -0.25) is 0 Å². The second-order valence-electron chi connectivity index (χ2n) is 8.13. The summed E-state index contributed by atoms with van der Waals surface area (Å²) in [6.07, 6.45) is -4.66. The second kappa shape index (κ2) is 12.2. The van der Waals surface area contributed by atoms with E-state index < -0.39 is 41.5 Å². The lowest BCUT2D eigenvalue weighted by molar-refractivity contribution is -0.385. The summed E-state index contributed by atoms with van der Waals surface area (Å²) in [4.78, 5) is 0. The number of alkyl halides is 6. The zero-order valence-electron chi connectivity index (χ0n) is 19.3. The van der Waals surface area contributed by atoms with Gasteiger partial charge >= 0.3 is 12.4 Å². The fourth-order valence-electron chi connectivity index (χ4n) is 3.73. The van der Waals surface area contributed by atoms with Crippen LogP contribution in [0.25, 0.3) is 0 Å². The molecule has 3 nitrogen and oxygen atoms in total. The van der Waals surface area contributed by atoms with Crippen molar-refractivity contribution in [2.45, 2.75) is 96.1 Å². The first-order valence-corrected chi connectivity index (χ1v) is 10.9. The molecule has 1 aromatic carbocycles. The minimum atomic E-state index is -4.94. The Balaban J connectivity index is 3.47. The Morgan fingerprint density at radius 2 is 1.22 bits per heavy atom. The van der Waals surface area contributed by atoms with Crippen LogP contribution in [0.15, 0.2) is 18.2 Å². The van der Waals surface area contributed by atoms with Crippen LogP contribution >= 0.6 is 0 Å². The zero-order valence-corrected chi connectivity index (χ0v) is 19.3. The first-order valence-electron chi connectivity index (χ1n) is 10.9. The highest BCUT2D eigenvalue weighted by Gasteiger charge is 2.45. The van der Waals surface area contributed by atoms with E-state index in [1.807, 2.05) is 0 Å². The first kappa shape index (κ1) is 28.7. The van der Waals surface area contributed by atoms with Crippen LogP contribution < -0.4 is 0 Å². The Labute approximate surface area is 186 Å². The van der Waals surface area contributed by atoms with Crippen LogP contribution in [0.1, 0.15) is 88.3 Å². The maximum Gasteiger partial charge on any atom is 0.416 e. The second-order valence-corrected chi connectivity index (χ2v) is 8.13. The Bertz CT molecular complexity index is 649. The summed E-state index contributed by atoms with van der Waals surface area (Å²) >= 11 is 0. The van der Waals surface area contributed by atoms with Crippen molar-refractivity contribution < 1.29 is 40.6 Å². The summed E-state index contributed by atoms with van der Waals surface area (Å²) in [6, 6.07) is 1.58. The number of halogens is 6. The van der Waals surface area contributed by atoms with Crippen molar-refractivity contribution in [2.24, 2.45) is 0 Å². The highest BCUT2D eigenvalue weighted by molar-refractivity contribution is 5.36. The predicted molar refractivity (Wildman–Crippen MR) is 110 cm³/mol. The third-order valence-corrected chi connectivity index (χ3v) is 5.25. The number of unbranched alkanes of at least 4 members (excludes halogenated alkanes) is 5. The van der Waals surface area contributed by atoms with Crippen molar-refractivity contribution in [1.82, 2.24) is 0 Å². The molecule has 0 aromatic heterocycles. The fraction of sp³-hybridized carbons (Fsp3) is 0.739. The molecule has 0 amide bonds. The highest BCUT2D eigenvalue weighted by Crippen LogP contribution is 2.43. The van der Waals surface area contributed by atoms with E-state index in [9.17, 15) is 26.3 Å². The monoisotopic (exact) mass is 472 g/mol. The molecular formula is C23H34F6O3. The van der Waals surface area contributed by atoms with Crippen molar-refractivity contribution in [3.63, 3.8) is 0 Å². The van der Waals surface area contributed by atoms with Gasteiger partial charge in [-0.15, -0.1) is 0 Å². The van der Waals surface area contributed by atoms with E-state index in [1.165, 1.54) is 14.2 Å². The lowest BCUT2D eigenvalue weighted by Crippen LogP contribution is -2.45. The van der Waals surface area contributed by atoms with Crippen molar-refractivity contribution in [3.8, 4) is 0 Å². The van der Waals surface area contributed by atoms with Crippen LogP contribution in [0.5, 0.6) is 0 Å². The minimum absolute atomic E-state index is 0.121. The van der Waals surface area contributed by atoms with Crippen LogP contribution in [0.4, 0.5) is 26.3 Å². The predicted octanol–water partition coefficient (Wildman–Crippen LogP) is 7.93. The van der Waals surface area contributed by atoms with Crippen LogP contribution in [0, 0.1) is 0 Å². The molecule has 0 aliphatic carbocycles. The smallest absolute Gasteiger partial charge is 0.330 e. The zero-order chi connectivity index (χ0) is 24.6. The van der Waals surface area contributed by atoms with Gasteiger partial charge in [-0.1, -0.05) is 45.4 Å². The Hall–Kier alpha value is -1.32. The molecule has 0 bridgehead atoms. The summed E-state index contributed by atoms with van der Waals surface area (Å²) in [7, 11) is 2.52. The van der Waals surface area contributed by atoms with Gasteiger partial charge in [0.25, 0.3) is 5.97 Å². The molecule has 0 saturated carbocycles. The molecular weight excluding hydrogens is 438 g/mol. The molecule has 186 valence electrons. The summed E-state index contributed by atoms with van der Waals surface area (Å²) in [5.41, 5.74) is -2.94. The van der Waals surface area contributed by atoms with Gasteiger partial charge in [-0.2, -0.15) is 26.3 Å². The van der Waals surface area contributed by atoms with Gasteiger partial charge in [-0.25, -0.2) is 0 Å². The molecule has 1 atom stereocenters. The molecule has 0 heterocycles. The summed E-state index contributed by atoms with van der Waals surface area (Å²) in [6.45, 7) is 5.44. The average Bonchev–Trinajstić information content (AvgIpc) is 2.70. The number of rotatable bonds is 13.